The number of likely N-dealkylation sites (N-methyl/N-ethyl adjacent to an activating group) is 1. The third-order valence-corrected chi connectivity index (χ3v) is 10.8. The van der Waals surface area contributed by atoms with Crippen LogP contribution in [0.5, 0.6) is 5.75 Å². The Kier molecular flexibility index (Phi) is 8.72. The minimum Gasteiger partial charge on any atom is -0.508 e. The van der Waals surface area contributed by atoms with Gasteiger partial charge in [0, 0.05) is 43.1 Å². The number of halogens is 2. The SMILES string of the molecule is CN(Cc1cc(O)ccc1-c1cccc(-n2c(=O)n([C@H]3CC[C@@H](NCc4cn5cc(F)ccc5n4)CC3)c(=O)c3cc(F)cnc32)c1)C1(CO)CC1. The molecule has 3 N–H and O–H groups in total. The number of benzene rings is 2. The van der Waals surface area contributed by atoms with Crippen molar-refractivity contribution in [1.82, 2.24) is 33.7 Å². The normalized spacial score (nSPS) is 18.4. The molecule has 0 spiro atoms. The number of phenols is 1. The molecule has 0 radical (unpaired) electrons. The van der Waals surface area contributed by atoms with Crippen LogP contribution in [0.25, 0.3) is 33.5 Å². The van der Waals surface area contributed by atoms with E-state index in [4.69, 9.17) is 0 Å². The fourth-order valence-electron chi connectivity index (χ4n) is 7.66. The summed E-state index contributed by atoms with van der Waals surface area (Å²) in [4.78, 5) is 39.2. The van der Waals surface area contributed by atoms with E-state index in [-0.39, 0.29) is 40.8 Å². The van der Waals surface area contributed by atoms with Gasteiger partial charge in [0.05, 0.1) is 29.6 Å². The van der Waals surface area contributed by atoms with E-state index in [1.54, 1.807) is 34.9 Å². The number of aliphatic hydroxyl groups excluding tert-OH is 1. The number of phenolic OH excluding ortho intramolecular Hbond substituents is 1. The lowest BCUT2D eigenvalue weighted by Gasteiger charge is -2.30. The number of aliphatic hydroxyl groups is 1. The van der Waals surface area contributed by atoms with E-state index in [9.17, 15) is 28.6 Å². The first-order valence-electron chi connectivity index (χ1n) is 17.6. The summed E-state index contributed by atoms with van der Waals surface area (Å²) in [6.07, 6.45) is 8.47. The van der Waals surface area contributed by atoms with Crippen LogP contribution in [0.2, 0.25) is 0 Å². The van der Waals surface area contributed by atoms with Gasteiger partial charge in [-0.1, -0.05) is 18.2 Å². The number of rotatable bonds is 10. The molecule has 13 heteroatoms. The highest BCUT2D eigenvalue weighted by Gasteiger charge is 2.45. The second-order valence-corrected chi connectivity index (χ2v) is 14.2. The maximum absolute atomic E-state index is 14.6. The molecule has 4 aromatic heterocycles. The van der Waals surface area contributed by atoms with Crippen molar-refractivity contribution >= 4 is 16.7 Å². The topological polar surface area (TPSA) is 130 Å². The lowest BCUT2D eigenvalue weighted by Crippen LogP contribution is -2.44. The largest absolute Gasteiger partial charge is 0.508 e. The van der Waals surface area contributed by atoms with Crippen LogP contribution in [-0.4, -0.2) is 63.9 Å². The molecular formula is C39H39F2N7O4. The van der Waals surface area contributed by atoms with Crippen LogP contribution in [0, 0.1) is 11.6 Å². The molecule has 2 saturated carbocycles. The van der Waals surface area contributed by atoms with E-state index in [2.05, 4.69) is 20.2 Å². The fourth-order valence-corrected chi connectivity index (χ4v) is 7.66. The Morgan fingerprint density at radius 1 is 0.981 bits per heavy atom. The van der Waals surface area contributed by atoms with Gasteiger partial charge < -0.3 is 19.9 Å². The van der Waals surface area contributed by atoms with Gasteiger partial charge in [0.2, 0.25) is 0 Å². The highest BCUT2D eigenvalue weighted by atomic mass is 19.1. The predicted octanol–water partition coefficient (Wildman–Crippen LogP) is 5.08. The number of nitrogens with zero attached hydrogens (tertiary/aromatic N) is 6. The average molecular weight is 708 g/mol. The zero-order valence-electron chi connectivity index (χ0n) is 28.7. The van der Waals surface area contributed by atoms with Crippen molar-refractivity contribution in [2.45, 2.75) is 69.2 Å². The molecule has 6 aromatic rings. The van der Waals surface area contributed by atoms with Gasteiger partial charge in [0.1, 0.15) is 23.0 Å². The number of aromatic nitrogens is 5. The second kappa shape index (κ2) is 13.4. The van der Waals surface area contributed by atoms with Crippen LogP contribution in [0.3, 0.4) is 0 Å². The Morgan fingerprint density at radius 3 is 2.56 bits per heavy atom. The average Bonchev–Trinajstić information content (AvgIpc) is 3.85. The third-order valence-electron chi connectivity index (χ3n) is 10.8. The van der Waals surface area contributed by atoms with Gasteiger partial charge in [-0.05, 0) is 105 Å². The van der Waals surface area contributed by atoms with E-state index in [1.165, 1.54) is 21.4 Å². The molecule has 52 heavy (non-hydrogen) atoms. The number of nitrogens with one attached hydrogen (secondary N) is 1. The van der Waals surface area contributed by atoms with Crippen LogP contribution < -0.4 is 16.6 Å². The quantitative estimate of drug-likeness (QED) is 0.180. The summed E-state index contributed by atoms with van der Waals surface area (Å²) in [5.74, 6) is -0.894. The van der Waals surface area contributed by atoms with Crippen LogP contribution in [0.1, 0.15) is 55.8 Å². The zero-order valence-corrected chi connectivity index (χ0v) is 28.7. The minimum absolute atomic E-state index is 0.0132. The molecular weight excluding hydrogens is 668 g/mol. The highest BCUT2D eigenvalue weighted by Crippen LogP contribution is 2.42. The smallest absolute Gasteiger partial charge is 0.337 e. The molecule has 11 nitrogen and oxygen atoms in total. The third kappa shape index (κ3) is 6.29. The molecule has 2 fully saturated rings. The van der Waals surface area contributed by atoms with Crippen molar-refractivity contribution in [3.8, 4) is 22.6 Å². The van der Waals surface area contributed by atoms with Gasteiger partial charge in [-0.2, -0.15) is 0 Å². The van der Waals surface area contributed by atoms with Crippen LogP contribution in [-0.2, 0) is 13.1 Å². The van der Waals surface area contributed by atoms with Gasteiger partial charge in [-0.3, -0.25) is 14.3 Å². The van der Waals surface area contributed by atoms with Gasteiger partial charge >= 0.3 is 5.69 Å². The lowest BCUT2D eigenvalue weighted by atomic mass is 9.91. The molecule has 2 aliphatic carbocycles. The first kappa shape index (κ1) is 33.9. The number of fused-ring (bicyclic) bond motifs is 2. The number of hydrogen-bond donors (Lipinski definition) is 3. The number of aromatic hydroxyl groups is 1. The van der Waals surface area contributed by atoms with Crippen LogP contribution in [0.15, 0.2) is 88.8 Å². The summed E-state index contributed by atoms with van der Waals surface area (Å²) in [6, 6.07) is 16.3. The van der Waals surface area contributed by atoms with Crippen molar-refractivity contribution in [1.29, 1.82) is 0 Å². The summed E-state index contributed by atoms with van der Waals surface area (Å²) >= 11 is 0. The fraction of sp³-hybridized carbons (Fsp3) is 0.333. The monoisotopic (exact) mass is 707 g/mol. The van der Waals surface area contributed by atoms with Crippen LogP contribution in [0.4, 0.5) is 8.78 Å². The van der Waals surface area contributed by atoms with E-state index in [0.717, 1.165) is 47.5 Å². The van der Waals surface area contributed by atoms with E-state index >= 15 is 0 Å². The van der Waals surface area contributed by atoms with Crippen molar-refractivity contribution < 1.29 is 19.0 Å². The molecule has 4 heterocycles. The van der Waals surface area contributed by atoms with E-state index < -0.39 is 23.1 Å². The van der Waals surface area contributed by atoms with Gasteiger partial charge in [-0.15, -0.1) is 0 Å². The molecule has 8 rings (SSSR count). The summed E-state index contributed by atoms with van der Waals surface area (Å²) in [6.45, 7) is 1.03. The Labute approximate surface area is 297 Å². The second-order valence-electron chi connectivity index (χ2n) is 14.2. The summed E-state index contributed by atoms with van der Waals surface area (Å²) in [7, 11) is 1.96. The summed E-state index contributed by atoms with van der Waals surface area (Å²) in [5, 5.41) is 23.9. The van der Waals surface area contributed by atoms with Gasteiger partial charge in [0.25, 0.3) is 5.56 Å². The first-order chi connectivity index (χ1) is 25.1. The molecule has 0 unspecified atom stereocenters. The zero-order chi connectivity index (χ0) is 36.1. The number of hydrogen-bond acceptors (Lipinski definition) is 8. The van der Waals surface area contributed by atoms with E-state index in [0.29, 0.717) is 50.1 Å². The highest BCUT2D eigenvalue weighted by molar-refractivity contribution is 5.77. The Balaban J connectivity index is 1.09. The van der Waals surface area contributed by atoms with Gasteiger partial charge in [0.15, 0.2) is 5.65 Å². The molecule has 0 atom stereocenters. The summed E-state index contributed by atoms with van der Waals surface area (Å²) < 4.78 is 32.5. The molecule has 2 aromatic carbocycles. The van der Waals surface area contributed by atoms with Crippen LogP contribution >= 0.6 is 0 Å². The first-order valence-corrected chi connectivity index (χ1v) is 17.6. The molecule has 0 amide bonds. The predicted molar refractivity (Wildman–Crippen MR) is 192 cm³/mol. The number of pyridine rings is 2. The summed E-state index contributed by atoms with van der Waals surface area (Å²) in [5.41, 5.74) is 3.04. The Hall–Kier alpha value is -5.24. The van der Waals surface area contributed by atoms with E-state index in [1.807, 2.05) is 31.3 Å². The molecule has 0 saturated heterocycles. The lowest BCUT2D eigenvalue weighted by molar-refractivity contribution is 0.123. The molecule has 268 valence electrons. The van der Waals surface area contributed by atoms with Gasteiger partial charge in [-0.25, -0.2) is 28.1 Å². The molecule has 2 aliphatic rings. The van der Waals surface area contributed by atoms with Crippen molar-refractivity contribution in [3.63, 3.8) is 0 Å². The number of imidazole rings is 1. The maximum Gasteiger partial charge on any atom is 0.337 e. The standard InChI is InChI=1S/C39H39F2N7O4/c1-45(39(23-49)13-14-39)20-25-16-32(50)10-11-33(25)24-3-2-4-31(15-24)47-36-34(17-27(41)18-43-36)37(51)48(38(47)52)30-8-6-28(7-9-30)42-19-29-22-46-21-26(40)5-12-35(46)44-29/h2-5,10-12,15-18,21-22,28,30,42,49-50H,6-9,13-14,19-20,23H2,1H3/t28-,30+. The molecule has 0 bridgehead atoms. The van der Waals surface area contributed by atoms with Crippen molar-refractivity contribution in [2.24, 2.45) is 0 Å². The van der Waals surface area contributed by atoms with Crippen molar-refractivity contribution in [2.75, 3.05) is 13.7 Å². The molecule has 0 aliphatic heterocycles. The Morgan fingerprint density at radius 2 is 1.79 bits per heavy atom. The Bertz CT molecular complexity index is 2430. The minimum atomic E-state index is -0.674. The van der Waals surface area contributed by atoms with Crippen molar-refractivity contribution in [3.05, 3.63) is 123 Å². The maximum atomic E-state index is 14.6.